The van der Waals surface area contributed by atoms with Crippen LogP contribution in [0.3, 0.4) is 0 Å². The molecule has 2 heterocycles. The largest absolute Gasteiger partial charge is 2.00 e. The average Bonchev–Trinajstić information content (AvgIpc) is 3.30. The summed E-state index contributed by atoms with van der Waals surface area (Å²) in [6.45, 7) is 4.73. The van der Waals surface area contributed by atoms with Crippen LogP contribution < -0.4 is 5.73 Å². The third-order valence-corrected chi connectivity index (χ3v) is 6.31. The zero-order chi connectivity index (χ0) is 21.0. The van der Waals surface area contributed by atoms with E-state index in [1.807, 2.05) is 6.07 Å². The molecule has 0 radical (unpaired) electrons. The van der Waals surface area contributed by atoms with Crippen molar-refractivity contribution in [2.24, 2.45) is 11.7 Å². The third kappa shape index (κ3) is 6.47. The van der Waals surface area contributed by atoms with Gasteiger partial charge in [0.2, 0.25) is 0 Å². The Morgan fingerprint density at radius 1 is 1.23 bits per heavy atom. The minimum Gasteiger partial charge on any atom is -0.398 e. The van der Waals surface area contributed by atoms with Crippen molar-refractivity contribution in [3.63, 3.8) is 0 Å². The van der Waals surface area contributed by atoms with Crippen LogP contribution in [-0.4, -0.2) is 21.4 Å². The Morgan fingerprint density at radius 2 is 1.93 bits per heavy atom. The van der Waals surface area contributed by atoms with Crippen LogP contribution in [0.5, 0.6) is 0 Å². The van der Waals surface area contributed by atoms with Gasteiger partial charge in [-0.25, -0.2) is 8.78 Å². The second kappa shape index (κ2) is 11.9. The number of aliphatic hydroxyl groups excluding tert-OH is 1. The Labute approximate surface area is 211 Å². The summed E-state index contributed by atoms with van der Waals surface area (Å²) in [5, 5.41) is 18.1. The Morgan fingerprint density at radius 3 is 2.57 bits per heavy atom. The van der Waals surface area contributed by atoms with E-state index in [2.05, 4.69) is 33.3 Å². The topological polar surface area (TPSA) is 64.1 Å². The van der Waals surface area contributed by atoms with E-state index in [0.29, 0.717) is 37.9 Å². The number of hydrogen-bond donors (Lipinski definition) is 2. The molecule has 3 aromatic rings. The molecule has 9 heteroatoms. The van der Waals surface area contributed by atoms with Gasteiger partial charge in [-0.15, -0.1) is 5.56 Å². The fourth-order valence-electron chi connectivity index (χ4n) is 3.30. The Hall–Kier alpha value is -0.558. The van der Waals surface area contributed by atoms with E-state index in [4.69, 9.17) is 5.73 Å². The fourth-order valence-corrected chi connectivity index (χ4v) is 4.62. The first kappa shape index (κ1) is 25.7. The number of nitrogens with zero attached hydrogens (tertiary/aromatic N) is 2. The molecule has 1 unspecified atom stereocenters. The standard InChI is InChI=1S/C21H22BrF2N3OS.U/c1-2-27-21(18(22)11-26-27)15-8-20(29-12-15)19(28)4-3-13(10-25)5-14-6-16(23)9-17(24)7-14;/h6-9,11,13,19,28H,1-5,10,25H2;/q-2;+2/t13-,19?;/m0./s1. The molecule has 0 aliphatic carbocycles. The van der Waals surface area contributed by atoms with Crippen LogP contribution in [0, 0.1) is 61.0 Å². The summed E-state index contributed by atoms with van der Waals surface area (Å²) in [6.07, 6.45) is 2.67. The quantitative estimate of drug-likeness (QED) is 0.309. The molecule has 0 aliphatic rings. The molecule has 0 fully saturated rings. The van der Waals surface area contributed by atoms with Crippen molar-refractivity contribution in [2.75, 3.05) is 6.54 Å². The number of nitrogens with two attached hydrogens (primary N) is 1. The SMILES string of the molecule is [CH2-]Cn1ncc(Br)c1-c1[c-]sc(C(O)CC[C@H](CN)Cc2cc(F)cc(F)c2)c1.[U+2]. The average molecular weight is 720 g/mol. The molecule has 2 aromatic heterocycles. The molecule has 0 saturated carbocycles. The zero-order valence-corrected chi connectivity index (χ0v) is 22.8. The number of aliphatic hydroxyl groups is 1. The van der Waals surface area contributed by atoms with Gasteiger partial charge in [-0.05, 0) is 55.1 Å². The van der Waals surface area contributed by atoms with Crippen molar-refractivity contribution in [3.05, 3.63) is 69.3 Å². The molecule has 2 atom stereocenters. The summed E-state index contributed by atoms with van der Waals surface area (Å²) < 4.78 is 29.4. The van der Waals surface area contributed by atoms with Crippen molar-refractivity contribution < 1.29 is 45.0 Å². The first-order valence-corrected chi connectivity index (χ1v) is 10.9. The van der Waals surface area contributed by atoms with Crippen molar-refractivity contribution in [1.29, 1.82) is 0 Å². The molecule has 0 saturated heterocycles. The van der Waals surface area contributed by atoms with Crippen LogP contribution >= 0.6 is 27.3 Å². The van der Waals surface area contributed by atoms with Crippen molar-refractivity contribution in [2.45, 2.75) is 31.9 Å². The number of benzene rings is 1. The van der Waals surface area contributed by atoms with E-state index in [1.165, 1.54) is 23.5 Å². The van der Waals surface area contributed by atoms with E-state index in [0.717, 1.165) is 26.7 Å². The summed E-state index contributed by atoms with van der Waals surface area (Å²) in [7, 11) is 0. The monoisotopic (exact) mass is 719 g/mol. The van der Waals surface area contributed by atoms with Gasteiger partial charge >= 0.3 is 31.1 Å². The van der Waals surface area contributed by atoms with Crippen LogP contribution in [0.2, 0.25) is 0 Å². The number of aromatic nitrogens is 2. The number of thiophene rings is 1. The summed E-state index contributed by atoms with van der Waals surface area (Å²) in [5.41, 5.74) is 8.15. The summed E-state index contributed by atoms with van der Waals surface area (Å²) >= 11 is 4.85. The minimum atomic E-state index is -0.654. The van der Waals surface area contributed by atoms with Gasteiger partial charge < -0.3 is 22.4 Å². The van der Waals surface area contributed by atoms with Gasteiger partial charge in [0, 0.05) is 16.6 Å². The maximum absolute atomic E-state index is 13.4. The first-order chi connectivity index (χ1) is 13.9. The maximum Gasteiger partial charge on any atom is 2.00 e. The number of hydrogen-bond acceptors (Lipinski definition) is 4. The van der Waals surface area contributed by atoms with Crippen LogP contribution in [-0.2, 0) is 13.0 Å². The third-order valence-electron chi connectivity index (χ3n) is 4.78. The predicted octanol–water partition coefficient (Wildman–Crippen LogP) is 4.92. The Kier molecular flexibility index (Phi) is 10.2. The maximum atomic E-state index is 13.4. The van der Waals surface area contributed by atoms with Crippen LogP contribution in [0.4, 0.5) is 8.78 Å². The molecule has 0 amide bonds. The Bertz CT molecular complexity index is 945. The molecule has 4 nitrogen and oxygen atoms in total. The van der Waals surface area contributed by atoms with E-state index in [1.54, 1.807) is 10.9 Å². The predicted molar refractivity (Wildman–Crippen MR) is 114 cm³/mol. The van der Waals surface area contributed by atoms with Crippen LogP contribution in [0.15, 0.2) is 34.9 Å². The number of halogens is 3. The van der Waals surface area contributed by atoms with Crippen molar-refractivity contribution >= 4 is 27.3 Å². The van der Waals surface area contributed by atoms with Gasteiger partial charge in [0.1, 0.15) is 11.6 Å². The van der Waals surface area contributed by atoms with E-state index < -0.39 is 17.7 Å². The van der Waals surface area contributed by atoms with E-state index in [9.17, 15) is 13.9 Å². The summed E-state index contributed by atoms with van der Waals surface area (Å²) in [6, 6.07) is 5.41. The van der Waals surface area contributed by atoms with E-state index in [-0.39, 0.29) is 37.0 Å². The van der Waals surface area contributed by atoms with Gasteiger partial charge in [0.15, 0.2) is 0 Å². The fraction of sp³-hybridized carbons (Fsp3) is 0.333. The zero-order valence-electron chi connectivity index (χ0n) is 16.2. The summed E-state index contributed by atoms with van der Waals surface area (Å²) in [5.74, 6) is -1.16. The molecule has 0 aliphatic heterocycles. The smallest absolute Gasteiger partial charge is 0.398 e. The summed E-state index contributed by atoms with van der Waals surface area (Å²) in [4.78, 5) is 0.802. The molecule has 3 N–H and O–H groups in total. The molecule has 30 heavy (non-hydrogen) atoms. The van der Waals surface area contributed by atoms with Gasteiger partial charge in [-0.3, -0.25) is 11.3 Å². The molecular formula is C21H22BrF2N3OSU. The molecule has 1 aromatic carbocycles. The van der Waals surface area contributed by atoms with Crippen LogP contribution in [0.1, 0.15) is 29.4 Å². The molecule has 0 spiro atoms. The second-order valence-corrected chi connectivity index (χ2v) is 8.64. The molecule has 0 bridgehead atoms. The second-order valence-electron chi connectivity index (χ2n) is 6.91. The molecule has 158 valence electrons. The van der Waals surface area contributed by atoms with Gasteiger partial charge in [-0.2, -0.15) is 11.2 Å². The Balaban J connectivity index is 0.00000320. The first-order valence-electron chi connectivity index (χ1n) is 9.26. The van der Waals surface area contributed by atoms with Crippen LogP contribution in [0.25, 0.3) is 11.3 Å². The normalized spacial score (nSPS) is 13.1. The van der Waals surface area contributed by atoms with Crippen molar-refractivity contribution in [3.8, 4) is 11.3 Å². The van der Waals surface area contributed by atoms with Gasteiger partial charge in [-0.1, -0.05) is 32.7 Å². The van der Waals surface area contributed by atoms with Crippen molar-refractivity contribution in [1.82, 2.24) is 9.78 Å². The van der Waals surface area contributed by atoms with Gasteiger partial charge in [0.05, 0.1) is 6.20 Å². The minimum absolute atomic E-state index is 0. The van der Waals surface area contributed by atoms with E-state index >= 15 is 0 Å². The number of rotatable bonds is 9. The molecule has 3 rings (SSSR count). The molecular weight excluding hydrogens is 698 g/mol. The van der Waals surface area contributed by atoms with Gasteiger partial charge in [0.25, 0.3) is 0 Å².